The van der Waals surface area contributed by atoms with Crippen LogP contribution in [0.3, 0.4) is 0 Å². The fraction of sp³-hybridized carbons (Fsp3) is 0.273. The zero-order valence-electron chi connectivity index (χ0n) is 23.0. The summed E-state index contributed by atoms with van der Waals surface area (Å²) in [5, 5.41) is 22.8. The van der Waals surface area contributed by atoms with Gasteiger partial charge in [0.05, 0.1) is 30.4 Å². The molecule has 0 heterocycles. The number of carbonyl (C=O) groups is 1. The number of nitrogens with zero attached hydrogens (tertiary/aromatic N) is 1. The summed E-state index contributed by atoms with van der Waals surface area (Å²) in [6.45, 7) is 6.05. The summed E-state index contributed by atoms with van der Waals surface area (Å²) in [7, 11) is 0. The predicted molar refractivity (Wildman–Crippen MR) is 161 cm³/mol. The lowest BCUT2D eigenvalue weighted by Crippen LogP contribution is -2.39. The average Bonchev–Trinajstić information content (AvgIpc) is 2.94. The third kappa shape index (κ3) is 7.00. The van der Waals surface area contributed by atoms with Gasteiger partial charge in [-0.2, -0.15) is 5.26 Å². The molecule has 4 aromatic carbocycles. The molecule has 6 nitrogen and oxygen atoms in total. The van der Waals surface area contributed by atoms with Gasteiger partial charge < -0.3 is 20.3 Å². The van der Waals surface area contributed by atoms with Crippen LogP contribution in [-0.2, 0) is 11.2 Å². The molecule has 1 atom stereocenters. The van der Waals surface area contributed by atoms with Crippen molar-refractivity contribution in [2.75, 3.05) is 13.2 Å². The van der Waals surface area contributed by atoms with Gasteiger partial charge in [-0.3, -0.25) is 0 Å². The molecule has 0 aliphatic carbocycles. The summed E-state index contributed by atoms with van der Waals surface area (Å²) in [5.74, 6) is 0.0597. The van der Waals surface area contributed by atoms with Gasteiger partial charge in [0.2, 0.25) is 0 Å². The summed E-state index contributed by atoms with van der Waals surface area (Å²) >= 11 is 0. The van der Waals surface area contributed by atoms with Gasteiger partial charge >= 0.3 is 5.97 Å². The number of halogens is 1. The Morgan fingerprint density at radius 1 is 1.02 bits per heavy atom. The highest BCUT2D eigenvalue weighted by atomic mass is 35.5. The Hall–Kier alpha value is -3.89. The van der Waals surface area contributed by atoms with Crippen molar-refractivity contribution in [1.29, 1.82) is 5.26 Å². The van der Waals surface area contributed by atoms with E-state index in [-0.39, 0.29) is 19.0 Å². The monoisotopic (exact) mass is 558 g/mol. The van der Waals surface area contributed by atoms with E-state index in [4.69, 9.17) is 15.2 Å². The molecular formula is C33H35ClN2O4. The molecule has 4 aromatic rings. The second-order valence-corrected chi connectivity index (χ2v) is 10.2. The molecule has 7 heteroatoms. The summed E-state index contributed by atoms with van der Waals surface area (Å²) in [5.41, 5.74) is 9.64. The van der Waals surface area contributed by atoms with E-state index < -0.39 is 17.6 Å². The molecule has 0 aromatic heterocycles. The smallest absolute Gasteiger partial charge is 0.338 e. The third-order valence-corrected chi connectivity index (χ3v) is 6.69. The first-order chi connectivity index (χ1) is 18.7. The van der Waals surface area contributed by atoms with Gasteiger partial charge in [0.1, 0.15) is 11.8 Å². The first-order valence-corrected chi connectivity index (χ1v) is 13.1. The number of rotatable bonds is 10. The summed E-state index contributed by atoms with van der Waals surface area (Å²) in [6.07, 6.45) is 0.511. The molecule has 0 aliphatic rings. The predicted octanol–water partition coefficient (Wildman–Crippen LogP) is 6.76. The first kappa shape index (κ1) is 30.6. The molecule has 0 spiro atoms. The van der Waals surface area contributed by atoms with Crippen LogP contribution in [-0.4, -0.2) is 29.8 Å². The topological polar surface area (TPSA) is 106 Å². The molecule has 40 heavy (non-hydrogen) atoms. The standard InChI is InChI=1S/C33H34N2O4.ClH/c1-4-38-32(37)28-14-8-7-13-27(28)25-15-16-26(21-34)30(20-25)39-17-9-12-24-18-22-10-5-6-11-23(22)19-29(24)31(36)33(2,3)35;/h5-8,10-11,13-16,18-20,31,36H,4,9,12,17,35H2,1-3H3;1H/t31-;/m1./s1. The summed E-state index contributed by atoms with van der Waals surface area (Å²) in [4.78, 5) is 12.5. The van der Waals surface area contributed by atoms with Crippen molar-refractivity contribution in [1.82, 2.24) is 0 Å². The molecule has 208 valence electrons. The van der Waals surface area contributed by atoms with Crippen LogP contribution in [0.2, 0.25) is 0 Å². The number of aryl methyl sites for hydroxylation is 1. The van der Waals surface area contributed by atoms with Crippen molar-refractivity contribution in [3.63, 3.8) is 0 Å². The van der Waals surface area contributed by atoms with E-state index in [2.05, 4.69) is 18.2 Å². The van der Waals surface area contributed by atoms with Crippen LogP contribution in [0.4, 0.5) is 0 Å². The average molecular weight is 559 g/mol. The van der Waals surface area contributed by atoms with Crippen molar-refractivity contribution >= 4 is 29.1 Å². The highest BCUT2D eigenvalue weighted by Gasteiger charge is 2.26. The lowest BCUT2D eigenvalue weighted by Gasteiger charge is -2.28. The molecule has 0 unspecified atom stereocenters. The number of hydrogen-bond donors (Lipinski definition) is 2. The second kappa shape index (κ2) is 13.5. The Bertz CT molecular complexity index is 1520. The van der Waals surface area contributed by atoms with E-state index in [1.165, 1.54) is 0 Å². The van der Waals surface area contributed by atoms with E-state index in [1.54, 1.807) is 37.3 Å². The highest BCUT2D eigenvalue weighted by Crippen LogP contribution is 2.32. The van der Waals surface area contributed by atoms with Crippen LogP contribution in [0, 0.1) is 11.3 Å². The number of ether oxygens (including phenoxy) is 2. The molecule has 0 fully saturated rings. The van der Waals surface area contributed by atoms with Gasteiger partial charge in [-0.1, -0.05) is 54.6 Å². The fourth-order valence-electron chi connectivity index (χ4n) is 4.64. The highest BCUT2D eigenvalue weighted by molar-refractivity contribution is 5.97. The summed E-state index contributed by atoms with van der Waals surface area (Å²) < 4.78 is 11.3. The Balaban J connectivity index is 0.00000441. The molecule has 0 saturated carbocycles. The van der Waals surface area contributed by atoms with Crippen molar-refractivity contribution < 1.29 is 19.4 Å². The van der Waals surface area contributed by atoms with E-state index in [9.17, 15) is 15.2 Å². The maximum atomic E-state index is 12.5. The minimum Gasteiger partial charge on any atom is -0.492 e. The van der Waals surface area contributed by atoms with E-state index >= 15 is 0 Å². The zero-order chi connectivity index (χ0) is 28.0. The Kier molecular flexibility index (Phi) is 10.3. The molecule has 3 N–H and O–H groups in total. The number of carbonyl (C=O) groups excluding carboxylic acids is 1. The molecular weight excluding hydrogens is 524 g/mol. The number of benzene rings is 4. The van der Waals surface area contributed by atoms with Crippen molar-refractivity contribution in [3.05, 3.63) is 101 Å². The van der Waals surface area contributed by atoms with Crippen molar-refractivity contribution in [2.45, 2.75) is 45.3 Å². The van der Waals surface area contributed by atoms with Crippen molar-refractivity contribution in [2.24, 2.45) is 5.73 Å². The van der Waals surface area contributed by atoms with Gasteiger partial charge in [0, 0.05) is 5.54 Å². The number of aliphatic hydroxyl groups excluding tert-OH is 1. The zero-order valence-corrected chi connectivity index (χ0v) is 23.8. The Morgan fingerprint density at radius 3 is 2.38 bits per heavy atom. The van der Waals surface area contributed by atoms with Gasteiger partial charge in [-0.15, -0.1) is 12.4 Å². The largest absolute Gasteiger partial charge is 0.492 e. The van der Waals surface area contributed by atoms with E-state index in [0.29, 0.717) is 41.9 Å². The van der Waals surface area contributed by atoms with Gasteiger partial charge in [-0.25, -0.2) is 4.79 Å². The second-order valence-electron chi connectivity index (χ2n) is 10.2. The molecule has 0 radical (unpaired) electrons. The molecule has 0 aliphatic heterocycles. The number of nitriles is 1. The number of fused-ring (bicyclic) bond motifs is 1. The number of esters is 1. The Morgan fingerprint density at radius 2 is 1.70 bits per heavy atom. The lowest BCUT2D eigenvalue weighted by molar-refractivity contribution is 0.0527. The van der Waals surface area contributed by atoms with Crippen LogP contribution in [0.15, 0.2) is 78.9 Å². The van der Waals surface area contributed by atoms with Gasteiger partial charge in [0.25, 0.3) is 0 Å². The third-order valence-electron chi connectivity index (χ3n) is 6.69. The minimum atomic E-state index is -0.820. The quantitative estimate of drug-likeness (QED) is 0.164. The molecule has 0 amide bonds. The fourth-order valence-corrected chi connectivity index (χ4v) is 4.64. The molecule has 4 rings (SSSR count). The lowest BCUT2D eigenvalue weighted by atomic mass is 9.86. The van der Waals surface area contributed by atoms with Crippen molar-refractivity contribution in [3.8, 4) is 22.9 Å². The van der Waals surface area contributed by atoms with Gasteiger partial charge in [-0.05, 0) is 90.9 Å². The molecule has 0 saturated heterocycles. The molecule has 0 bridgehead atoms. The van der Waals surface area contributed by atoms with E-state index in [1.807, 2.05) is 50.2 Å². The van der Waals surface area contributed by atoms with Crippen LogP contribution in [0.1, 0.15) is 60.3 Å². The number of hydrogen-bond acceptors (Lipinski definition) is 6. The maximum absolute atomic E-state index is 12.5. The minimum absolute atomic E-state index is 0. The van der Waals surface area contributed by atoms with Crippen LogP contribution in [0.25, 0.3) is 21.9 Å². The maximum Gasteiger partial charge on any atom is 0.338 e. The summed E-state index contributed by atoms with van der Waals surface area (Å²) in [6, 6.07) is 26.9. The first-order valence-electron chi connectivity index (χ1n) is 13.1. The van der Waals surface area contributed by atoms with Crippen LogP contribution >= 0.6 is 12.4 Å². The van der Waals surface area contributed by atoms with Crippen LogP contribution in [0.5, 0.6) is 5.75 Å². The number of aliphatic hydroxyl groups is 1. The SMILES string of the molecule is CCOC(=O)c1ccccc1-c1ccc(C#N)c(OCCCc2cc3ccccc3cc2[C@@H](O)C(C)(C)N)c1.Cl. The van der Waals surface area contributed by atoms with E-state index in [0.717, 1.165) is 27.5 Å². The van der Waals surface area contributed by atoms with Gasteiger partial charge in [0.15, 0.2) is 0 Å². The normalized spacial score (nSPS) is 11.8. The number of nitrogens with two attached hydrogens (primary N) is 1. The van der Waals surface area contributed by atoms with Crippen LogP contribution < -0.4 is 10.5 Å². The Labute approximate surface area is 241 Å².